The Balaban J connectivity index is 0.905. The van der Waals surface area contributed by atoms with E-state index in [1.54, 1.807) is 37.2 Å². The van der Waals surface area contributed by atoms with Crippen LogP contribution < -0.4 is 28.4 Å². The molecule has 10 aromatic rings. The zero-order chi connectivity index (χ0) is 42.2. The van der Waals surface area contributed by atoms with Gasteiger partial charge in [0.1, 0.15) is 23.0 Å². The maximum atomic E-state index is 6.40. The molecule has 0 radical (unpaired) electrons. The van der Waals surface area contributed by atoms with Crippen molar-refractivity contribution in [1.29, 1.82) is 0 Å². The smallest absolute Gasteiger partial charge is 0.269 e. The van der Waals surface area contributed by atoms with Gasteiger partial charge in [0.25, 0.3) is 12.7 Å². The summed E-state index contributed by atoms with van der Waals surface area (Å²) in [4.78, 5) is 22.5. The predicted octanol–water partition coefficient (Wildman–Crippen LogP) is 8.69. The standard InChI is InChI=1S/C50H40N10O2/c1-55(2)43-13-5-7-15-45(43)59-33-57(47-17-9-11-19-49(47)59)35-25-39(31-51-29-35)61-37-21-23-53-41(27-37)42-28-38(22-24-54-42)62-40-26-36(30-52-32-40)58-34-60(50-20-12-10-18-48(50)58)46-16-8-6-14-44(46)56(3)4/h5-32H,1-4H3. The quantitative estimate of drug-likeness (QED) is 0.0947. The minimum atomic E-state index is 0.559. The van der Waals surface area contributed by atoms with Gasteiger partial charge in [-0.2, -0.15) is 0 Å². The molecular formula is C50H40N10O2. The third-order valence-corrected chi connectivity index (χ3v) is 10.4. The zero-order valence-electron chi connectivity index (χ0n) is 34.5. The van der Waals surface area contributed by atoms with Crippen LogP contribution in [-0.2, 0) is 0 Å². The summed E-state index contributed by atoms with van der Waals surface area (Å²) in [5.74, 6) is 2.28. The molecule has 62 heavy (non-hydrogen) atoms. The van der Waals surface area contributed by atoms with E-state index < -0.39 is 0 Å². The molecular weight excluding hydrogens is 773 g/mol. The summed E-state index contributed by atoms with van der Waals surface area (Å²) in [7, 11) is 8.16. The highest BCUT2D eigenvalue weighted by atomic mass is 16.5. The lowest BCUT2D eigenvalue weighted by atomic mass is 10.2. The second kappa shape index (κ2) is 16.0. The third kappa shape index (κ3) is 7.19. The van der Waals surface area contributed by atoms with Gasteiger partial charge in [-0.15, -0.1) is 0 Å². The highest BCUT2D eigenvalue weighted by Crippen LogP contribution is 2.31. The normalized spacial score (nSPS) is 11.2. The first-order chi connectivity index (χ1) is 30.4. The van der Waals surface area contributed by atoms with E-state index in [9.17, 15) is 0 Å². The fourth-order valence-electron chi connectivity index (χ4n) is 7.60. The Labute approximate surface area is 358 Å². The van der Waals surface area contributed by atoms with Crippen LogP contribution in [-0.4, -0.2) is 57.3 Å². The SMILES string of the molecule is CN(C)c1ccccc1-n1[c-][n+](-c2cncc(Oc3ccnc(-c4cc(Oc5cncc(-[n+]6[c-]n(-c7ccccc7N(C)C)c7ccccc76)c5)ccn4)c3)c2)c2ccccc21. The molecule has 0 N–H and O–H groups in total. The largest absolute Gasteiger partial charge is 0.456 e. The van der Waals surface area contributed by atoms with E-state index in [1.165, 1.54) is 0 Å². The molecule has 0 unspecified atom stereocenters. The van der Waals surface area contributed by atoms with Crippen molar-refractivity contribution >= 4 is 33.4 Å². The number of aromatic nitrogens is 8. The number of para-hydroxylation sites is 8. The summed E-state index contributed by atoms with van der Waals surface area (Å²) >= 11 is 0. The van der Waals surface area contributed by atoms with E-state index in [4.69, 9.17) is 9.47 Å². The monoisotopic (exact) mass is 812 g/mol. The maximum absolute atomic E-state index is 6.40. The predicted molar refractivity (Wildman–Crippen MR) is 239 cm³/mol. The highest BCUT2D eigenvalue weighted by molar-refractivity contribution is 5.78. The molecule has 0 fully saturated rings. The van der Waals surface area contributed by atoms with Crippen molar-refractivity contribution in [2.75, 3.05) is 38.0 Å². The van der Waals surface area contributed by atoms with E-state index in [2.05, 4.69) is 100 Å². The number of hydrogen-bond acceptors (Lipinski definition) is 8. The minimum absolute atomic E-state index is 0.559. The van der Waals surface area contributed by atoms with Gasteiger partial charge in [0.05, 0.1) is 68.6 Å². The van der Waals surface area contributed by atoms with E-state index in [1.807, 2.05) is 122 Å². The zero-order valence-corrected chi connectivity index (χ0v) is 34.5. The first-order valence-corrected chi connectivity index (χ1v) is 20.0. The van der Waals surface area contributed by atoms with E-state index in [0.717, 1.165) is 56.2 Å². The summed E-state index contributed by atoms with van der Waals surface area (Å²) in [5.41, 5.74) is 11.0. The van der Waals surface area contributed by atoms with Gasteiger partial charge in [-0.05, 0) is 48.5 Å². The second-order valence-electron chi connectivity index (χ2n) is 15.0. The van der Waals surface area contributed by atoms with Crippen LogP contribution in [0.25, 0.3) is 56.2 Å². The number of rotatable bonds is 11. The molecule has 0 aliphatic heterocycles. The number of fused-ring (bicyclic) bond motifs is 2. The van der Waals surface area contributed by atoms with Crippen LogP contribution in [0.15, 0.2) is 171 Å². The molecule has 6 aromatic heterocycles. The summed E-state index contributed by atoms with van der Waals surface area (Å²) < 4.78 is 21.0. The number of ether oxygens (including phenoxy) is 2. The molecule has 0 aliphatic carbocycles. The molecule has 12 nitrogen and oxygen atoms in total. The Morgan fingerprint density at radius 3 is 1.34 bits per heavy atom. The molecule has 6 heterocycles. The Bertz CT molecular complexity index is 3030. The Morgan fingerprint density at radius 2 is 0.887 bits per heavy atom. The van der Waals surface area contributed by atoms with Crippen molar-refractivity contribution in [3.8, 4) is 57.1 Å². The lowest BCUT2D eigenvalue weighted by Gasteiger charge is -2.17. The fraction of sp³-hybridized carbons (Fsp3) is 0.0800. The van der Waals surface area contributed by atoms with Crippen LogP contribution in [0.2, 0.25) is 0 Å². The summed E-state index contributed by atoms with van der Waals surface area (Å²) in [5, 5.41) is 0. The number of nitrogens with zero attached hydrogens (tertiary/aromatic N) is 10. The molecule has 0 bridgehead atoms. The number of pyridine rings is 4. The van der Waals surface area contributed by atoms with Crippen molar-refractivity contribution in [2.45, 2.75) is 0 Å². The van der Waals surface area contributed by atoms with Gasteiger partial charge in [-0.25, -0.2) is 0 Å². The molecule has 0 saturated heterocycles. The molecule has 0 atom stereocenters. The summed E-state index contributed by atoms with van der Waals surface area (Å²) in [6.45, 7) is 0. The van der Waals surface area contributed by atoms with Gasteiger partial charge >= 0.3 is 0 Å². The van der Waals surface area contributed by atoms with Crippen molar-refractivity contribution in [3.05, 3.63) is 183 Å². The summed E-state index contributed by atoms with van der Waals surface area (Å²) in [6.07, 6.45) is 17.5. The summed E-state index contributed by atoms with van der Waals surface area (Å²) in [6, 6.07) is 44.2. The average molecular weight is 813 g/mol. The maximum Gasteiger partial charge on any atom is 0.269 e. The third-order valence-electron chi connectivity index (χ3n) is 10.4. The topological polar surface area (TPSA) is 94.1 Å². The van der Waals surface area contributed by atoms with Crippen LogP contribution in [0.3, 0.4) is 0 Å². The van der Waals surface area contributed by atoms with Crippen LogP contribution in [0.1, 0.15) is 0 Å². The van der Waals surface area contributed by atoms with Crippen LogP contribution in [0, 0.1) is 12.7 Å². The average Bonchev–Trinajstić information content (AvgIpc) is 3.89. The minimum Gasteiger partial charge on any atom is -0.456 e. The Hall–Kier alpha value is -8.38. The molecule has 12 heteroatoms. The molecule has 0 aliphatic rings. The van der Waals surface area contributed by atoms with E-state index >= 15 is 0 Å². The number of anilines is 2. The Kier molecular flexibility index (Phi) is 9.77. The van der Waals surface area contributed by atoms with Gasteiger partial charge in [0, 0.05) is 76.5 Å². The number of hydrogen-bond donors (Lipinski definition) is 0. The molecule has 0 spiro atoms. The van der Waals surface area contributed by atoms with Gasteiger partial charge in [0.2, 0.25) is 0 Å². The second-order valence-corrected chi connectivity index (χ2v) is 15.0. The van der Waals surface area contributed by atoms with Gasteiger partial charge < -0.3 is 19.3 Å². The van der Waals surface area contributed by atoms with Crippen molar-refractivity contribution < 1.29 is 18.6 Å². The van der Waals surface area contributed by atoms with Gasteiger partial charge in [-0.3, -0.25) is 38.2 Å². The van der Waals surface area contributed by atoms with Crippen LogP contribution in [0.5, 0.6) is 23.0 Å². The number of imidazole rings is 2. The Morgan fingerprint density at radius 1 is 0.468 bits per heavy atom. The van der Waals surface area contributed by atoms with Crippen LogP contribution >= 0.6 is 0 Å². The highest BCUT2D eigenvalue weighted by Gasteiger charge is 2.18. The molecule has 302 valence electrons. The first-order valence-electron chi connectivity index (χ1n) is 20.0. The first kappa shape index (κ1) is 37.9. The van der Waals surface area contributed by atoms with Gasteiger partial charge in [0.15, 0.2) is 0 Å². The van der Waals surface area contributed by atoms with Crippen LogP contribution in [0.4, 0.5) is 11.4 Å². The molecule has 0 amide bonds. The van der Waals surface area contributed by atoms with E-state index in [-0.39, 0.29) is 0 Å². The van der Waals surface area contributed by atoms with E-state index in [0.29, 0.717) is 34.4 Å². The lowest BCUT2D eigenvalue weighted by molar-refractivity contribution is -0.573. The van der Waals surface area contributed by atoms with Crippen molar-refractivity contribution in [3.63, 3.8) is 0 Å². The fourth-order valence-corrected chi connectivity index (χ4v) is 7.60. The molecule has 0 saturated carbocycles. The molecule has 10 rings (SSSR count). The number of benzene rings is 4. The molecule has 4 aromatic carbocycles. The van der Waals surface area contributed by atoms with Gasteiger partial charge in [-0.1, -0.05) is 72.8 Å². The lowest BCUT2D eigenvalue weighted by Crippen LogP contribution is -2.29. The van der Waals surface area contributed by atoms with Crippen molar-refractivity contribution in [1.82, 2.24) is 29.1 Å². The van der Waals surface area contributed by atoms with Crippen molar-refractivity contribution in [2.24, 2.45) is 0 Å².